The first-order valence-electron chi connectivity index (χ1n) is 8.44. The van der Waals surface area contributed by atoms with Crippen molar-refractivity contribution in [1.29, 1.82) is 0 Å². The second-order valence-corrected chi connectivity index (χ2v) is 6.22. The molecule has 0 spiro atoms. The number of hydrogen-bond acceptors (Lipinski definition) is 4. The number of rotatable bonds is 6. The molecule has 6 heteroatoms. The maximum absolute atomic E-state index is 4.33. The fourth-order valence-corrected chi connectivity index (χ4v) is 3.10. The van der Waals surface area contributed by atoms with Crippen LogP contribution >= 0.6 is 0 Å². The predicted octanol–water partition coefficient (Wildman–Crippen LogP) is 1.94. The van der Waals surface area contributed by atoms with E-state index in [9.17, 15) is 0 Å². The highest BCUT2D eigenvalue weighted by Crippen LogP contribution is 2.15. The van der Waals surface area contributed by atoms with Crippen LogP contribution in [0.2, 0.25) is 0 Å². The summed E-state index contributed by atoms with van der Waals surface area (Å²) in [6, 6.07) is 12.5. The Hall–Kier alpha value is -2.60. The molecule has 2 aromatic heterocycles. The molecule has 2 N–H and O–H groups in total. The standard InChI is InChI=1S/C18H22N6/c1-8-21-23(11-1)17-4-2-15(3-5-17)6-9-19-12-16-13-20-18-7-10-22-24(18)14-16/h1-5,7-8,10-11,16,19-20H,6,9,12-14H2/t16-/m0/s1. The molecule has 6 nitrogen and oxygen atoms in total. The van der Waals surface area contributed by atoms with Crippen molar-refractivity contribution in [2.24, 2.45) is 5.92 Å². The number of benzene rings is 1. The second kappa shape index (κ2) is 6.88. The van der Waals surface area contributed by atoms with Crippen LogP contribution in [0.4, 0.5) is 5.82 Å². The van der Waals surface area contributed by atoms with E-state index in [0.29, 0.717) is 5.92 Å². The molecule has 1 aliphatic rings. The van der Waals surface area contributed by atoms with Gasteiger partial charge in [-0.1, -0.05) is 12.1 Å². The third kappa shape index (κ3) is 3.33. The Morgan fingerprint density at radius 2 is 2.04 bits per heavy atom. The van der Waals surface area contributed by atoms with Gasteiger partial charge in [-0.2, -0.15) is 10.2 Å². The van der Waals surface area contributed by atoms with Gasteiger partial charge in [0.1, 0.15) is 5.82 Å². The smallest absolute Gasteiger partial charge is 0.124 e. The fourth-order valence-electron chi connectivity index (χ4n) is 3.10. The van der Waals surface area contributed by atoms with Gasteiger partial charge in [0.2, 0.25) is 0 Å². The first kappa shape index (κ1) is 15.0. The van der Waals surface area contributed by atoms with E-state index in [4.69, 9.17) is 0 Å². The molecule has 24 heavy (non-hydrogen) atoms. The van der Waals surface area contributed by atoms with Crippen LogP contribution < -0.4 is 10.6 Å². The van der Waals surface area contributed by atoms with Gasteiger partial charge in [0, 0.05) is 44.0 Å². The zero-order valence-corrected chi connectivity index (χ0v) is 13.6. The average molecular weight is 322 g/mol. The monoisotopic (exact) mass is 322 g/mol. The maximum Gasteiger partial charge on any atom is 0.124 e. The van der Waals surface area contributed by atoms with E-state index in [2.05, 4.69) is 45.1 Å². The Bertz CT molecular complexity index is 759. The molecule has 124 valence electrons. The van der Waals surface area contributed by atoms with E-state index >= 15 is 0 Å². The van der Waals surface area contributed by atoms with Gasteiger partial charge >= 0.3 is 0 Å². The van der Waals surface area contributed by atoms with Gasteiger partial charge in [-0.05, 0) is 36.7 Å². The SMILES string of the molecule is c1cnn(-c2ccc(CCNC[C@H]3CNc4ccnn4C3)cc2)c1. The summed E-state index contributed by atoms with van der Waals surface area (Å²) < 4.78 is 3.92. The first-order chi connectivity index (χ1) is 11.9. The van der Waals surface area contributed by atoms with Gasteiger partial charge in [-0.3, -0.25) is 0 Å². The summed E-state index contributed by atoms with van der Waals surface area (Å²) in [4.78, 5) is 0. The van der Waals surface area contributed by atoms with Crippen LogP contribution in [0.3, 0.4) is 0 Å². The van der Waals surface area contributed by atoms with Crippen molar-refractivity contribution in [3.8, 4) is 5.69 Å². The normalized spacial score (nSPS) is 16.6. The zero-order chi connectivity index (χ0) is 16.2. The number of nitrogens with one attached hydrogen (secondary N) is 2. The summed E-state index contributed by atoms with van der Waals surface area (Å²) in [5.41, 5.74) is 2.44. The van der Waals surface area contributed by atoms with Crippen LogP contribution in [-0.4, -0.2) is 39.2 Å². The third-order valence-corrected chi connectivity index (χ3v) is 4.45. The topological polar surface area (TPSA) is 59.7 Å². The van der Waals surface area contributed by atoms with E-state index in [1.54, 1.807) is 6.20 Å². The highest BCUT2D eigenvalue weighted by molar-refractivity contribution is 5.35. The van der Waals surface area contributed by atoms with Crippen molar-refractivity contribution >= 4 is 5.82 Å². The van der Waals surface area contributed by atoms with Gasteiger partial charge in [-0.15, -0.1) is 0 Å². The van der Waals surface area contributed by atoms with E-state index in [-0.39, 0.29) is 0 Å². The average Bonchev–Trinajstić information content (AvgIpc) is 3.30. The molecule has 0 unspecified atom stereocenters. The summed E-state index contributed by atoms with van der Waals surface area (Å²) in [6.07, 6.45) is 6.64. The Kier molecular flexibility index (Phi) is 4.29. The van der Waals surface area contributed by atoms with E-state index < -0.39 is 0 Å². The van der Waals surface area contributed by atoms with Crippen LogP contribution in [0.5, 0.6) is 0 Å². The van der Waals surface area contributed by atoms with Gasteiger partial charge < -0.3 is 10.6 Å². The molecule has 3 aromatic rings. The largest absolute Gasteiger partial charge is 0.370 e. The molecule has 3 heterocycles. The molecule has 0 radical (unpaired) electrons. The summed E-state index contributed by atoms with van der Waals surface area (Å²) in [7, 11) is 0. The number of aromatic nitrogens is 4. The van der Waals surface area contributed by atoms with Crippen molar-refractivity contribution in [2.45, 2.75) is 13.0 Å². The minimum absolute atomic E-state index is 0.583. The van der Waals surface area contributed by atoms with Gasteiger partial charge in [0.25, 0.3) is 0 Å². The van der Waals surface area contributed by atoms with Crippen molar-refractivity contribution in [3.63, 3.8) is 0 Å². The molecule has 0 bridgehead atoms. The van der Waals surface area contributed by atoms with Crippen molar-refractivity contribution in [2.75, 3.05) is 25.0 Å². The molecular formula is C18H22N6. The molecule has 0 saturated heterocycles. The lowest BCUT2D eigenvalue weighted by atomic mass is 10.1. The lowest BCUT2D eigenvalue weighted by Gasteiger charge is -2.25. The summed E-state index contributed by atoms with van der Waals surface area (Å²) in [6.45, 7) is 4.00. The molecule has 0 fully saturated rings. The molecule has 4 rings (SSSR count). The highest BCUT2D eigenvalue weighted by Gasteiger charge is 2.17. The van der Waals surface area contributed by atoms with Gasteiger partial charge in [0.05, 0.1) is 11.9 Å². The quantitative estimate of drug-likeness (QED) is 0.681. The number of anilines is 1. The van der Waals surface area contributed by atoms with Crippen LogP contribution in [-0.2, 0) is 13.0 Å². The molecule has 1 aliphatic heterocycles. The Morgan fingerprint density at radius 1 is 1.12 bits per heavy atom. The van der Waals surface area contributed by atoms with Crippen LogP contribution in [0, 0.1) is 5.92 Å². The molecule has 1 atom stereocenters. The van der Waals surface area contributed by atoms with Crippen LogP contribution in [0.25, 0.3) is 5.69 Å². The fraction of sp³-hybridized carbons (Fsp3) is 0.333. The van der Waals surface area contributed by atoms with Gasteiger partial charge in [0.15, 0.2) is 0 Å². The highest BCUT2D eigenvalue weighted by atomic mass is 15.3. The Labute approximate surface area is 141 Å². The first-order valence-corrected chi connectivity index (χ1v) is 8.44. The van der Waals surface area contributed by atoms with Crippen LogP contribution in [0.15, 0.2) is 55.0 Å². The van der Waals surface area contributed by atoms with E-state index in [1.165, 1.54) is 5.56 Å². The molecule has 0 aliphatic carbocycles. The predicted molar refractivity (Wildman–Crippen MR) is 94.3 cm³/mol. The third-order valence-electron chi connectivity index (χ3n) is 4.45. The number of nitrogens with zero attached hydrogens (tertiary/aromatic N) is 4. The van der Waals surface area contributed by atoms with E-state index in [0.717, 1.165) is 44.1 Å². The molecule has 0 saturated carbocycles. The summed E-state index contributed by atoms with van der Waals surface area (Å²) in [5.74, 6) is 1.71. The van der Waals surface area contributed by atoms with Crippen molar-refractivity contribution in [3.05, 3.63) is 60.6 Å². The van der Waals surface area contributed by atoms with E-state index in [1.807, 2.05) is 33.9 Å². The minimum Gasteiger partial charge on any atom is -0.370 e. The lowest BCUT2D eigenvalue weighted by Crippen LogP contribution is -2.36. The minimum atomic E-state index is 0.583. The van der Waals surface area contributed by atoms with Crippen molar-refractivity contribution in [1.82, 2.24) is 24.9 Å². The summed E-state index contributed by atoms with van der Waals surface area (Å²) >= 11 is 0. The van der Waals surface area contributed by atoms with Crippen molar-refractivity contribution < 1.29 is 0 Å². The van der Waals surface area contributed by atoms with Gasteiger partial charge in [-0.25, -0.2) is 9.36 Å². The molecule has 0 amide bonds. The second-order valence-electron chi connectivity index (χ2n) is 6.22. The maximum atomic E-state index is 4.33. The Balaban J connectivity index is 1.22. The molecular weight excluding hydrogens is 300 g/mol. The Morgan fingerprint density at radius 3 is 2.88 bits per heavy atom. The lowest BCUT2D eigenvalue weighted by molar-refractivity contribution is 0.393. The number of hydrogen-bond donors (Lipinski definition) is 2. The zero-order valence-electron chi connectivity index (χ0n) is 13.6. The summed E-state index contributed by atoms with van der Waals surface area (Å²) in [5, 5.41) is 15.6. The molecule has 1 aromatic carbocycles. The number of fused-ring (bicyclic) bond motifs is 1. The van der Waals surface area contributed by atoms with Crippen LogP contribution in [0.1, 0.15) is 5.56 Å².